The maximum absolute atomic E-state index is 15.1. The zero-order valence-corrected chi connectivity index (χ0v) is 25.9. The van der Waals surface area contributed by atoms with Crippen molar-refractivity contribution in [2.75, 3.05) is 38.1 Å². The van der Waals surface area contributed by atoms with Crippen molar-refractivity contribution in [1.29, 1.82) is 0 Å². The number of piperidine rings is 1. The number of aryl methyl sites for hydroxylation is 1. The van der Waals surface area contributed by atoms with Gasteiger partial charge in [-0.3, -0.25) is 4.72 Å². The number of rotatable bonds is 13. The van der Waals surface area contributed by atoms with Crippen LogP contribution in [0.5, 0.6) is 17.2 Å². The second kappa shape index (κ2) is 14.7. The number of methoxy groups -OCH3 is 1. The number of nitrogens with one attached hydrogen (secondary N) is 1. The van der Waals surface area contributed by atoms with Gasteiger partial charge in [-0.25, -0.2) is 21.6 Å². The molecule has 44 heavy (non-hydrogen) atoms. The van der Waals surface area contributed by atoms with Crippen LogP contribution in [0.25, 0.3) is 5.76 Å². The van der Waals surface area contributed by atoms with Crippen LogP contribution in [0.4, 0.5) is 18.9 Å². The predicted octanol–water partition coefficient (Wildman–Crippen LogP) is 7.33. The molecule has 11 heteroatoms. The molecule has 0 atom stereocenters. The SMILES string of the molecule is C=C/C=C(/Oc1ccc(NS(=O)(=O)c2ccc(F)cc2F)cc1F)c1cc(OC)c(OCCCN2CCC(C)CC2)cc1C. The third kappa shape index (κ3) is 8.35. The molecule has 0 radical (unpaired) electrons. The van der Waals surface area contributed by atoms with Crippen molar-refractivity contribution in [3.05, 3.63) is 95.8 Å². The smallest absolute Gasteiger partial charge is 0.264 e. The molecule has 4 rings (SSSR count). The average Bonchev–Trinajstić information content (AvgIpc) is 2.97. The number of nitrogens with zero attached hydrogens (tertiary/aromatic N) is 1. The highest BCUT2D eigenvalue weighted by atomic mass is 32.2. The maximum Gasteiger partial charge on any atom is 0.264 e. The van der Waals surface area contributed by atoms with Gasteiger partial charge in [0.1, 0.15) is 22.3 Å². The molecule has 3 aromatic rings. The van der Waals surface area contributed by atoms with Gasteiger partial charge in [0.2, 0.25) is 0 Å². The number of allylic oxidation sites excluding steroid dienone is 2. The molecule has 1 saturated heterocycles. The van der Waals surface area contributed by atoms with E-state index in [0.717, 1.165) is 55.7 Å². The van der Waals surface area contributed by atoms with Crippen molar-refractivity contribution in [3.63, 3.8) is 0 Å². The Morgan fingerprint density at radius 1 is 1.02 bits per heavy atom. The summed E-state index contributed by atoms with van der Waals surface area (Å²) in [4.78, 5) is 1.69. The molecule has 0 bridgehead atoms. The molecule has 0 aliphatic carbocycles. The van der Waals surface area contributed by atoms with Gasteiger partial charge in [0.25, 0.3) is 10.0 Å². The van der Waals surface area contributed by atoms with Gasteiger partial charge < -0.3 is 19.1 Å². The van der Waals surface area contributed by atoms with Gasteiger partial charge in [-0.05, 0) is 93.2 Å². The van der Waals surface area contributed by atoms with E-state index in [1.807, 2.05) is 13.0 Å². The summed E-state index contributed by atoms with van der Waals surface area (Å²) in [6.45, 7) is 11.6. The molecule has 0 aromatic heterocycles. The lowest BCUT2D eigenvalue weighted by molar-refractivity contribution is 0.176. The summed E-state index contributed by atoms with van der Waals surface area (Å²) in [6, 6.07) is 9.02. The summed E-state index contributed by atoms with van der Waals surface area (Å²) in [6.07, 6.45) is 6.39. The van der Waals surface area contributed by atoms with Crippen molar-refractivity contribution in [1.82, 2.24) is 4.90 Å². The van der Waals surface area contributed by atoms with Crippen LogP contribution in [0.3, 0.4) is 0 Å². The van der Waals surface area contributed by atoms with Gasteiger partial charge in [0, 0.05) is 24.2 Å². The van der Waals surface area contributed by atoms with Crippen LogP contribution in [0, 0.1) is 30.3 Å². The molecule has 1 fully saturated rings. The highest BCUT2D eigenvalue weighted by Gasteiger charge is 2.21. The maximum atomic E-state index is 15.1. The Bertz CT molecular complexity index is 1620. The van der Waals surface area contributed by atoms with E-state index >= 15 is 4.39 Å². The van der Waals surface area contributed by atoms with E-state index in [0.29, 0.717) is 29.7 Å². The highest BCUT2D eigenvalue weighted by Crippen LogP contribution is 2.36. The molecule has 1 N–H and O–H groups in total. The number of anilines is 1. The summed E-state index contributed by atoms with van der Waals surface area (Å²) < 4.78 is 87.2. The van der Waals surface area contributed by atoms with Crippen LogP contribution < -0.4 is 18.9 Å². The van der Waals surface area contributed by atoms with Crippen LogP contribution in [0.1, 0.15) is 37.3 Å². The number of sulfonamides is 1. The summed E-state index contributed by atoms with van der Waals surface area (Å²) in [5.41, 5.74) is 1.21. The minimum atomic E-state index is -4.45. The van der Waals surface area contributed by atoms with E-state index in [2.05, 4.69) is 23.1 Å². The quantitative estimate of drug-likeness (QED) is 0.121. The van der Waals surface area contributed by atoms with Gasteiger partial charge in [-0.15, -0.1) is 0 Å². The fraction of sp³-hybridized carbons (Fsp3) is 0.333. The van der Waals surface area contributed by atoms with E-state index in [4.69, 9.17) is 14.2 Å². The Kier molecular flexibility index (Phi) is 11.0. The van der Waals surface area contributed by atoms with Gasteiger partial charge in [-0.2, -0.15) is 0 Å². The molecule has 7 nitrogen and oxygen atoms in total. The van der Waals surface area contributed by atoms with Crippen LogP contribution >= 0.6 is 0 Å². The van der Waals surface area contributed by atoms with E-state index in [1.165, 1.54) is 38.2 Å². The molecule has 1 heterocycles. The number of likely N-dealkylation sites (tertiary alicyclic amines) is 1. The zero-order chi connectivity index (χ0) is 31.9. The summed E-state index contributed by atoms with van der Waals surface area (Å²) in [5, 5.41) is 0. The predicted molar refractivity (Wildman–Crippen MR) is 165 cm³/mol. The van der Waals surface area contributed by atoms with Crippen molar-refractivity contribution in [3.8, 4) is 17.2 Å². The summed E-state index contributed by atoms with van der Waals surface area (Å²) >= 11 is 0. The third-order valence-corrected chi connectivity index (χ3v) is 8.80. The third-order valence-electron chi connectivity index (χ3n) is 7.39. The van der Waals surface area contributed by atoms with Crippen molar-refractivity contribution in [2.24, 2.45) is 5.92 Å². The lowest BCUT2D eigenvalue weighted by Crippen LogP contribution is -2.34. The van der Waals surface area contributed by atoms with Gasteiger partial charge in [0.05, 0.1) is 19.4 Å². The topological polar surface area (TPSA) is 77.1 Å². The second-order valence-electron chi connectivity index (χ2n) is 10.7. The Morgan fingerprint density at radius 2 is 1.77 bits per heavy atom. The van der Waals surface area contributed by atoms with Crippen LogP contribution in [0.2, 0.25) is 0 Å². The standard InChI is InChI=1S/C33H37F3N2O5S/c1-5-7-29(26-21-31(41-4)32(18-23(26)3)42-17-6-14-38-15-12-22(2)13-16-38)43-30-10-9-25(20-27(30)35)37-44(39,40)33-11-8-24(34)19-28(33)36/h5,7-11,18-22,37H,1,6,12-17H2,2-4H3/b29-7+. The lowest BCUT2D eigenvalue weighted by Gasteiger charge is -2.30. The first-order valence-electron chi connectivity index (χ1n) is 14.3. The van der Waals surface area contributed by atoms with E-state index < -0.39 is 32.4 Å². The first kappa shape index (κ1) is 32.9. The number of halogens is 3. The number of hydrogen-bond donors (Lipinski definition) is 1. The molecule has 0 amide bonds. The van der Waals surface area contributed by atoms with Crippen LogP contribution in [0.15, 0.2) is 72.2 Å². The Labute approximate surface area is 257 Å². The van der Waals surface area contributed by atoms with Crippen LogP contribution in [-0.4, -0.2) is 46.7 Å². The average molecular weight is 631 g/mol. The molecule has 1 aliphatic heterocycles. The van der Waals surface area contributed by atoms with E-state index in [9.17, 15) is 17.2 Å². The summed E-state index contributed by atoms with van der Waals surface area (Å²) in [7, 11) is -2.92. The first-order valence-corrected chi connectivity index (χ1v) is 15.8. The fourth-order valence-electron chi connectivity index (χ4n) is 4.91. The number of hydrogen-bond acceptors (Lipinski definition) is 6. The van der Waals surface area contributed by atoms with Gasteiger partial charge in [-0.1, -0.05) is 19.6 Å². The van der Waals surface area contributed by atoms with E-state index in [-0.39, 0.29) is 17.2 Å². The van der Waals surface area contributed by atoms with E-state index in [1.54, 1.807) is 12.1 Å². The second-order valence-corrected chi connectivity index (χ2v) is 12.4. The minimum Gasteiger partial charge on any atom is -0.493 e. The van der Waals surface area contributed by atoms with Crippen molar-refractivity contribution < 1.29 is 35.8 Å². The number of ether oxygens (including phenoxy) is 3. The molecule has 0 unspecified atom stereocenters. The van der Waals surface area contributed by atoms with Gasteiger partial charge in [0.15, 0.2) is 23.1 Å². The normalized spacial score (nSPS) is 14.7. The molecule has 3 aromatic carbocycles. The molecule has 236 valence electrons. The molecular formula is C33H37F3N2O5S. The molecule has 0 saturated carbocycles. The Morgan fingerprint density at radius 3 is 2.43 bits per heavy atom. The minimum absolute atomic E-state index is 0.179. The van der Waals surface area contributed by atoms with Gasteiger partial charge >= 0.3 is 0 Å². The zero-order valence-electron chi connectivity index (χ0n) is 25.0. The Hall–Kier alpha value is -3.96. The van der Waals surface area contributed by atoms with Crippen molar-refractivity contribution in [2.45, 2.75) is 38.0 Å². The number of benzene rings is 3. The fourth-order valence-corrected chi connectivity index (χ4v) is 6.02. The van der Waals surface area contributed by atoms with Crippen LogP contribution in [-0.2, 0) is 10.0 Å². The first-order chi connectivity index (χ1) is 21.0. The summed E-state index contributed by atoms with van der Waals surface area (Å²) in [5.74, 6) is -1.16. The Balaban J connectivity index is 1.46. The molecular weight excluding hydrogens is 593 g/mol. The molecule has 0 spiro atoms. The largest absolute Gasteiger partial charge is 0.493 e. The van der Waals surface area contributed by atoms with Crippen molar-refractivity contribution >= 4 is 21.5 Å². The monoisotopic (exact) mass is 630 g/mol. The lowest BCUT2D eigenvalue weighted by atomic mass is 9.99. The molecule has 1 aliphatic rings. The highest BCUT2D eigenvalue weighted by molar-refractivity contribution is 7.92.